The van der Waals surface area contributed by atoms with Crippen LogP contribution in [-0.2, 0) is 11.0 Å². The van der Waals surface area contributed by atoms with Crippen LogP contribution in [0, 0.1) is 5.92 Å². The molecule has 0 atom stereocenters. The standard InChI is InChI=1S/C19H20ClF3N4O2S/c20-14-10-13(19(21,22)23)11-26-16(14)24-5-6-25-17(28)12-3-7-27(8-4-12)18(29)15-2-1-9-30-15/h1-2,9-12H,3-8H2,(H,24,26)(H,25,28). The number of amides is 2. The summed E-state index contributed by atoms with van der Waals surface area (Å²) in [4.78, 5) is 30.8. The first-order valence-corrected chi connectivity index (χ1v) is 10.6. The van der Waals surface area contributed by atoms with Gasteiger partial charge in [-0.25, -0.2) is 4.98 Å². The number of carbonyl (C=O) groups excluding carboxylic acids is 2. The van der Waals surface area contributed by atoms with E-state index in [1.807, 2.05) is 11.4 Å². The number of anilines is 1. The molecule has 0 aliphatic carbocycles. The van der Waals surface area contributed by atoms with E-state index < -0.39 is 11.7 Å². The number of rotatable bonds is 6. The highest BCUT2D eigenvalue weighted by atomic mass is 35.5. The number of piperidine rings is 1. The quantitative estimate of drug-likeness (QED) is 0.641. The minimum atomic E-state index is -4.51. The highest BCUT2D eigenvalue weighted by molar-refractivity contribution is 7.12. The zero-order chi connectivity index (χ0) is 21.7. The van der Waals surface area contributed by atoms with Gasteiger partial charge in [-0.05, 0) is 30.4 Å². The van der Waals surface area contributed by atoms with E-state index in [1.165, 1.54) is 11.3 Å². The monoisotopic (exact) mass is 460 g/mol. The van der Waals surface area contributed by atoms with Gasteiger partial charge in [0.05, 0.1) is 15.5 Å². The van der Waals surface area contributed by atoms with Crippen LogP contribution in [0.2, 0.25) is 5.02 Å². The summed E-state index contributed by atoms with van der Waals surface area (Å²) in [5.74, 6) is -0.162. The van der Waals surface area contributed by atoms with Crippen molar-refractivity contribution in [3.8, 4) is 0 Å². The molecule has 0 aromatic carbocycles. The zero-order valence-corrected chi connectivity index (χ0v) is 17.4. The van der Waals surface area contributed by atoms with Crippen molar-refractivity contribution in [2.75, 3.05) is 31.5 Å². The van der Waals surface area contributed by atoms with Crippen LogP contribution in [0.5, 0.6) is 0 Å². The second-order valence-electron chi connectivity index (χ2n) is 6.81. The lowest BCUT2D eigenvalue weighted by atomic mass is 9.96. The molecule has 30 heavy (non-hydrogen) atoms. The van der Waals surface area contributed by atoms with Gasteiger partial charge in [0.1, 0.15) is 5.82 Å². The molecular formula is C19H20ClF3N4O2S. The lowest BCUT2D eigenvalue weighted by Crippen LogP contribution is -2.43. The van der Waals surface area contributed by atoms with E-state index >= 15 is 0 Å². The van der Waals surface area contributed by atoms with E-state index in [0.29, 0.717) is 37.0 Å². The Kier molecular flexibility index (Phi) is 7.19. The minimum absolute atomic E-state index is 0.00558. The summed E-state index contributed by atoms with van der Waals surface area (Å²) in [5, 5.41) is 7.32. The number of aromatic nitrogens is 1. The summed E-state index contributed by atoms with van der Waals surface area (Å²) in [6, 6.07) is 4.43. The molecule has 0 bridgehead atoms. The predicted molar refractivity (Wildman–Crippen MR) is 109 cm³/mol. The van der Waals surface area contributed by atoms with Crippen LogP contribution in [-0.4, -0.2) is 47.9 Å². The fraction of sp³-hybridized carbons (Fsp3) is 0.421. The van der Waals surface area contributed by atoms with E-state index in [1.54, 1.807) is 11.0 Å². The van der Waals surface area contributed by atoms with Crippen LogP contribution in [0.4, 0.5) is 19.0 Å². The normalized spacial score (nSPS) is 15.1. The molecule has 1 fully saturated rings. The van der Waals surface area contributed by atoms with Gasteiger partial charge >= 0.3 is 6.18 Å². The third-order valence-electron chi connectivity index (χ3n) is 4.77. The van der Waals surface area contributed by atoms with Crippen molar-refractivity contribution in [1.82, 2.24) is 15.2 Å². The summed E-state index contributed by atoms with van der Waals surface area (Å²) in [5.41, 5.74) is -0.921. The number of carbonyl (C=O) groups is 2. The molecule has 0 unspecified atom stereocenters. The van der Waals surface area contributed by atoms with Crippen LogP contribution >= 0.6 is 22.9 Å². The largest absolute Gasteiger partial charge is 0.417 e. The van der Waals surface area contributed by atoms with Crippen LogP contribution in [0.15, 0.2) is 29.8 Å². The number of alkyl halides is 3. The van der Waals surface area contributed by atoms with Crippen LogP contribution < -0.4 is 10.6 Å². The molecule has 2 aromatic rings. The molecule has 162 valence electrons. The summed E-state index contributed by atoms with van der Waals surface area (Å²) in [6.07, 6.45) is -2.63. The predicted octanol–water partition coefficient (Wildman–Crippen LogP) is 3.90. The van der Waals surface area contributed by atoms with Crippen molar-refractivity contribution < 1.29 is 22.8 Å². The van der Waals surface area contributed by atoms with Gasteiger partial charge in [0.15, 0.2) is 0 Å². The molecular weight excluding hydrogens is 441 g/mol. The molecule has 11 heteroatoms. The van der Waals surface area contributed by atoms with Gasteiger partial charge in [-0.1, -0.05) is 17.7 Å². The van der Waals surface area contributed by atoms with Crippen LogP contribution in [0.1, 0.15) is 28.1 Å². The maximum atomic E-state index is 12.6. The first kappa shape index (κ1) is 22.4. The number of hydrogen-bond donors (Lipinski definition) is 2. The summed E-state index contributed by atoms with van der Waals surface area (Å²) in [6.45, 7) is 1.59. The van der Waals surface area contributed by atoms with Crippen molar-refractivity contribution in [1.29, 1.82) is 0 Å². The molecule has 6 nitrogen and oxygen atoms in total. The molecule has 1 aliphatic heterocycles. The van der Waals surface area contributed by atoms with E-state index in [4.69, 9.17) is 11.6 Å². The molecule has 3 heterocycles. The molecule has 0 radical (unpaired) electrons. The first-order valence-electron chi connectivity index (χ1n) is 9.33. The molecule has 2 amide bonds. The third-order valence-corrected chi connectivity index (χ3v) is 5.92. The van der Waals surface area contributed by atoms with Crippen molar-refractivity contribution in [2.45, 2.75) is 19.0 Å². The van der Waals surface area contributed by atoms with E-state index in [-0.39, 0.29) is 41.7 Å². The fourth-order valence-corrected chi connectivity index (χ4v) is 4.06. The van der Waals surface area contributed by atoms with Crippen LogP contribution in [0.25, 0.3) is 0 Å². The van der Waals surface area contributed by atoms with Gasteiger partial charge < -0.3 is 15.5 Å². The van der Waals surface area contributed by atoms with Gasteiger partial charge in [-0.2, -0.15) is 13.2 Å². The molecule has 0 spiro atoms. The van der Waals surface area contributed by atoms with E-state index in [0.717, 1.165) is 6.07 Å². The second-order valence-corrected chi connectivity index (χ2v) is 8.17. The number of likely N-dealkylation sites (tertiary alicyclic amines) is 1. The average Bonchev–Trinajstić information content (AvgIpc) is 3.25. The number of halogens is 4. The fourth-order valence-electron chi connectivity index (χ4n) is 3.13. The smallest absolute Gasteiger partial charge is 0.367 e. The van der Waals surface area contributed by atoms with Crippen molar-refractivity contribution >= 4 is 40.6 Å². The lowest BCUT2D eigenvalue weighted by molar-refractivity contribution is -0.137. The number of hydrogen-bond acceptors (Lipinski definition) is 5. The lowest BCUT2D eigenvalue weighted by Gasteiger charge is -2.31. The molecule has 2 N–H and O–H groups in total. The van der Waals surface area contributed by atoms with Crippen molar-refractivity contribution in [2.24, 2.45) is 5.92 Å². The number of nitrogens with one attached hydrogen (secondary N) is 2. The van der Waals surface area contributed by atoms with Gasteiger partial charge in [-0.15, -0.1) is 11.3 Å². The molecule has 1 saturated heterocycles. The zero-order valence-electron chi connectivity index (χ0n) is 15.8. The van der Waals surface area contributed by atoms with E-state index in [9.17, 15) is 22.8 Å². The molecule has 1 aliphatic rings. The molecule has 2 aromatic heterocycles. The Bertz CT molecular complexity index is 884. The Labute approximate surface area is 180 Å². The Balaban J connectivity index is 1.39. The van der Waals surface area contributed by atoms with Gasteiger partial charge in [0, 0.05) is 38.3 Å². The maximum Gasteiger partial charge on any atom is 0.417 e. The Morgan fingerprint density at radius 1 is 1.27 bits per heavy atom. The Morgan fingerprint density at radius 3 is 2.60 bits per heavy atom. The Morgan fingerprint density at radius 2 is 2.00 bits per heavy atom. The number of thiophene rings is 1. The average molecular weight is 461 g/mol. The maximum absolute atomic E-state index is 12.6. The van der Waals surface area contributed by atoms with E-state index in [2.05, 4.69) is 15.6 Å². The number of nitrogens with zero attached hydrogens (tertiary/aromatic N) is 2. The van der Waals surface area contributed by atoms with Crippen LogP contribution in [0.3, 0.4) is 0 Å². The molecule has 0 saturated carbocycles. The highest BCUT2D eigenvalue weighted by Crippen LogP contribution is 2.32. The Hall–Kier alpha value is -2.33. The van der Waals surface area contributed by atoms with Crippen molar-refractivity contribution in [3.63, 3.8) is 0 Å². The minimum Gasteiger partial charge on any atom is -0.367 e. The van der Waals surface area contributed by atoms with Crippen molar-refractivity contribution in [3.05, 3.63) is 45.2 Å². The highest BCUT2D eigenvalue weighted by Gasteiger charge is 2.31. The first-order chi connectivity index (χ1) is 14.3. The SMILES string of the molecule is O=C(NCCNc1ncc(C(F)(F)F)cc1Cl)C1CCN(C(=O)c2cccs2)CC1. The topological polar surface area (TPSA) is 74.3 Å². The van der Waals surface area contributed by atoms with Gasteiger partial charge in [0.25, 0.3) is 5.91 Å². The van der Waals surface area contributed by atoms with Gasteiger partial charge in [-0.3, -0.25) is 9.59 Å². The third kappa shape index (κ3) is 5.63. The van der Waals surface area contributed by atoms with Gasteiger partial charge in [0.2, 0.25) is 5.91 Å². The molecule has 3 rings (SSSR count). The summed E-state index contributed by atoms with van der Waals surface area (Å²) in [7, 11) is 0. The summed E-state index contributed by atoms with van der Waals surface area (Å²) < 4.78 is 37.9. The number of pyridine rings is 1. The summed E-state index contributed by atoms with van der Waals surface area (Å²) >= 11 is 7.23. The second kappa shape index (κ2) is 9.65.